The Morgan fingerprint density at radius 1 is 1.43 bits per heavy atom. The summed E-state index contributed by atoms with van der Waals surface area (Å²) >= 11 is 3.36. The third-order valence-corrected chi connectivity index (χ3v) is 2.74. The van der Waals surface area contributed by atoms with Gasteiger partial charge in [-0.15, -0.1) is 0 Å². The van der Waals surface area contributed by atoms with Crippen LogP contribution in [0.1, 0.15) is 6.92 Å². The van der Waals surface area contributed by atoms with E-state index >= 15 is 0 Å². The molecule has 1 aromatic carbocycles. The van der Waals surface area contributed by atoms with E-state index in [-0.39, 0.29) is 12.1 Å². The lowest BCUT2D eigenvalue weighted by atomic mass is 10.3. The number of urea groups is 1. The monoisotopic (exact) mass is 254 g/mol. The number of amides is 2. The van der Waals surface area contributed by atoms with E-state index in [2.05, 4.69) is 21.2 Å². The lowest BCUT2D eigenvalue weighted by Crippen LogP contribution is -2.27. The van der Waals surface area contributed by atoms with E-state index in [1.807, 2.05) is 31.2 Å². The molecule has 2 rings (SSSR count). The van der Waals surface area contributed by atoms with Crippen LogP contribution in [0.15, 0.2) is 28.7 Å². The van der Waals surface area contributed by atoms with E-state index in [9.17, 15) is 4.79 Å². The molecule has 4 heteroatoms. The van der Waals surface area contributed by atoms with Crippen molar-refractivity contribution in [2.75, 3.05) is 11.4 Å². The summed E-state index contributed by atoms with van der Waals surface area (Å²) in [6, 6.07) is 7.95. The molecule has 1 atom stereocenters. The predicted octanol–water partition coefficient (Wildman–Crippen LogP) is 2.37. The SMILES string of the molecule is CC1CN(c2ccc(Br)cc2)C(=O)N1. The van der Waals surface area contributed by atoms with Crippen LogP contribution in [0.25, 0.3) is 0 Å². The fourth-order valence-corrected chi connectivity index (χ4v) is 1.80. The van der Waals surface area contributed by atoms with Gasteiger partial charge in [-0.2, -0.15) is 0 Å². The van der Waals surface area contributed by atoms with Crippen molar-refractivity contribution in [3.05, 3.63) is 28.7 Å². The van der Waals surface area contributed by atoms with Crippen molar-refractivity contribution in [1.82, 2.24) is 5.32 Å². The Morgan fingerprint density at radius 3 is 2.57 bits per heavy atom. The second-order valence-electron chi connectivity index (χ2n) is 3.44. The molecular weight excluding hydrogens is 244 g/mol. The van der Waals surface area contributed by atoms with Crippen LogP contribution in [0.5, 0.6) is 0 Å². The van der Waals surface area contributed by atoms with E-state index in [4.69, 9.17) is 0 Å². The van der Waals surface area contributed by atoms with Crippen molar-refractivity contribution in [1.29, 1.82) is 0 Å². The third-order valence-electron chi connectivity index (χ3n) is 2.21. The summed E-state index contributed by atoms with van der Waals surface area (Å²) < 4.78 is 1.02. The maximum atomic E-state index is 11.5. The van der Waals surface area contributed by atoms with Crippen LogP contribution in [-0.2, 0) is 0 Å². The lowest BCUT2D eigenvalue weighted by Gasteiger charge is -2.13. The molecule has 3 nitrogen and oxygen atoms in total. The summed E-state index contributed by atoms with van der Waals surface area (Å²) in [5.41, 5.74) is 0.940. The summed E-state index contributed by atoms with van der Waals surface area (Å²) in [6.07, 6.45) is 0. The number of nitrogens with zero attached hydrogens (tertiary/aromatic N) is 1. The zero-order valence-electron chi connectivity index (χ0n) is 7.83. The molecule has 2 amide bonds. The molecule has 1 aliphatic heterocycles. The fourth-order valence-electron chi connectivity index (χ4n) is 1.53. The number of carbonyl (C=O) groups excluding carboxylic acids is 1. The van der Waals surface area contributed by atoms with Crippen LogP contribution < -0.4 is 10.2 Å². The van der Waals surface area contributed by atoms with E-state index in [0.717, 1.165) is 16.7 Å². The topological polar surface area (TPSA) is 32.3 Å². The second kappa shape index (κ2) is 3.61. The van der Waals surface area contributed by atoms with E-state index in [1.54, 1.807) is 4.90 Å². The number of halogens is 1. The standard InChI is InChI=1S/C10H11BrN2O/c1-7-6-13(10(14)12-7)9-4-2-8(11)3-5-9/h2-5,7H,6H2,1H3,(H,12,14). The first-order chi connectivity index (χ1) is 6.66. The molecule has 0 radical (unpaired) electrons. The molecule has 0 saturated carbocycles. The van der Waals surface area contributed by atoms with Gasteiger partial charge in [0, 0.05) is 22.7 Å². The van der Waals surface area contributed by atoms with Crippen molar-refractivity contribution in [3.63, 3.8) is 0 Å². The minimum absolute atomic E-state index is 0.0141. The largest absolute Gasteiger partial charge is 0.333 e. The first-order valence-electron chi connectivity index (χ1n) is 4.50. The molecule has 0 bridgehead atoms. The van der Waals surface area contributed by atoms with Gasteiger partial charge in [0.2, 0.25) is 0 Å². The Labute approximate surface area is 91.2 Å². The predicted molar refractivity (Wildman–Crippen MR) is 59.5 cm³/mol. The van der Waals surface area contributed by atoms with Gasteiger partial charge in [-0.3, -0.25) is 4.90 Å². The Balaban J connectivity index is 2.23. The average molecular weight is 255 g/mol. The molecular formula is C10H11BrN2O. The van der Waals surface area contributed by atoms with Gasteiger partial charge in [0.15, 0.2) is 0 Å². The molecule has 1 saturated heterocycles. The number of benzene rings is 1. The van der Waals surface area contributed by atoms with Crippen LogP contribution in [0.3, 0.4) is 0 Å². The van der Waals surface area contributed by atoms with Gasteiger partial charge in [-0.25, -0.2) is 4.79 Å². The zero-order chi connectivity index (χ0) is 10.1. The highest BCUT2D eigenvalue weighted by Gasteiger charge is 2.26. The van der Waals surface area contributed by atoms with Crippen molar-refractivity contribution in [3.8, 4) is 0 Å². The molecule has 1 aromatic rings. The maximum Gasteiger partial charge on any atom is 0.322 e. The first-order valence-corrected chi connectivity index (χ1v) is 5.30. The Hall–Kier alpha value is -1.03. The average Bonchev–Trinajstić information content (AvgIpc) is 2.47. The lowest BCUT2D eigenvalue weighted by molar-refractivity contribution is 0.251. The minimum atomic E-state index is -0.0141. The van der Waals surface area contributed by atoms with Gasteiger partial charge in [-0.05, 0) is 31.2 Å². The maximum absolute atomic E-state index is 11.5. The molecule has 0 aromatic heterocycles. The zero-order valence-corrected chi connectivity index (χ0v) is 9.41. The second-order valence-corrected chi connectivity index (χ2v) is 4.35. The van der Waals surface area contributed by atoms with Crippen LogP contribution in [0, 0.1) is 0 Å². The van der Waals surface area contributed by atoms with Crippen LogP contribution >= 0.6 is 15.9 Å². The van der Waals surface area contributed by atoms with Gasteiger partial charge in [0.1, 0.15) is 0 Å². The molecule has 1 aliphatic rings. The summed E-state index contributed by atoms with van der Waals surface area (Å²) in [4.78, 5) is 13.2. The number of hydrogen-bond donors (Lipinski definition) is 1. The molecule has 1 N–H and O–H groups in total. The van der Waals surface area contributed by atoms with Gasteiger partial charge >= 0.3 is 6.03 Å². The number of rotatable bonds is 1. The van der Waals surface area contributed by atoms with E-state index in [0.29, 0.717) is 0 Å². The van der Waals surface area contributed by atoms with Crippen molar-refractivity contribution in [2.45, 2.75) is 13.0 Å². The van der Waals surface area contributed by atoms with Gasteiger partial charge in [0.05, 0.1) is 0 Å². The highest BCUT2D eigenvalue weighted by Crippen LogP contribution is 2.20. The smallest absolute Gasteiger partial charge is 0.322 e. The van der Waals surface area contributed by atoms with Crippen LogP contribution in [0.2, 0.25) is 0 Å². The number of hydrogen-bond acceptors (Lipinski definition) is 1. The van der Waals surface area contributed by atoms with Gasteiger partial charge in [0.25, 0.3) is 0 Å². The molecule has 1 unspecified atom stereocenters. The van der Waals surface area contributed by atoms with E-state index in [1.165, 1.54) is 0 Å². The van der Waals surface area contributed by atoms with Gasteiger partial charge in [-0.1, -0.05) is 15.9 Å². The number of carbonyl (C=O) groups is 1. The van der Waals surface area contributed by atoms with Crippen molar-refractivity contribution in [2.24, 2.45) is 0 Å². The molecule has 1 heterocycles. The summed E-state index contributed by atoms with van der Waals surface area (Å²) in [6.45, 7) is 2.73. The third kappa shape index (κ3) is 1.75. The Kier molecular flexibility index (Phi) is 2.46. The van der Waals surface area contributed by atoms with Crippen molar-refractivity contribution >= 4 is 27.6 Å². The molecule has 14 heavy (non-hydrogen) atoms. The first kappa shape index (κ1) is 9.52. The van der Waals surface area contributed by atoms with Crippen LogP contribution in [0.4, 0.5) is 10.5 Å². The summed E-state index contributed by atoms with van der Waals surface area (Å²) in [5, 5.41) is 2.86. The molecule has 1 fully saturated rings. The van der Waals surface area contributed by atoms with Gasteiger partial charge < -0.3 is 5.32 Å². The quantitative estimate of drug-likeness (QED) is 0.820. The van der Waals surface area contributed by atoms with Crippen molar-refractivity contribution < 1.29 is 4.79 Å². The molecule has 74 valence electrons. The highest BCUT2D eigenvalue weighted by atomic mass is 79.9. The molecule has 0 spiro atoms. The summed E-state index contributed by atoms with van der Waals surface area (Å²) in [7, 11) is 0. The highest BCUT2D eigenvalue weighted by molar-refractivity contribution is 9.10. The molecule has 0 aliphatic carbocycles. The van der Waals surface area contributed by atoms with E-state index < -0.39 is 0 Å². The minimum Gasteiger partial charge on any atom is -0.333 e. The fraction of sp³-hybridized carbons (Fsp3) is 0.300. The summed E-state index contributed by atoms with van der Waals surface area (Å²) in [5.74, 6) is 0. The Morgan fingerprint density at radius 2 is 2.07 bits per heavy atom. The number of nitrogens with one attached hydrogen (secondary N) is 1. The normalized spacial score (nSPS) is 21.1. The Bertz CT molecular complexity index is 350. The number of anilines is 1. The van der Waals surface area contributed by atoms with Crippen LogP contribution in [-0.4, -0.2) is 18.6 Å².